The first-order valence-corrected chi connectivity index (χ1v) is 1.89. The molecule has 0 saturated heterocycles. The Kier molecular flexibility index (Phi) is 7.67. The third kappa shape index (κ3) is 10.8. The molecule has 0 bridgehead atoms. The molecular formula is C3H7NO2S. The molecule has 7 heavy (non-hydrogen) atoms. The van der Waals surface area contributed by atoms with Crippen LogP contribution in [0, 0.1) is 0 Å². The lowest BCUT2D eigenvalue weighted by Gasteiger charge is -1.69. The van der Waals surface area contributed by atoms with Crippen LogP contribution in [-0.2, 0) is 4.79 Å². The van der Waals surface area contributed by atoms with Crippen molar-refractivity contribution in [1.29, 1.82) is 0 Å². The molecule has 0 aromatic rings. The molecule has 0 saturated carbocycles. The van der Waals surface area contributed by atoms with E-state index < -0.39 is 5.91 Å². The van der Waals surface area contributed by atoms with E-state index in [-0.39, 0.29) is 5.48 Å². The average Bonchev–Trinajstić information content (AvgIpc) is 1.35. The first kappa shape index (κ1) is 9.72. The number of hydrogen-bond acceptors (Lipinski definition) is 2. The molecule has 0 aromatic carbocycles. The molecular weight excluding hydrogens is 114 g/mol. The summed E-state index contributed by atoms with van der Waals surface area (Å²) in [4.78, 5) is 9.69. The second-order valence-electron chi connectivity index (χ2n) is 0.718. The molecule has 0 spiro atoms. The van der Waals surface area contributed by atoms with E-state index in [0.717, 1.165) is 0 Å². The van der Waals surface area contributed by atoms with Gasteiger partial charge in [0.25, 0.3) is 0 Å². The first-order valence-electron chi connectivity index (χ1n) is 1.37. The minimum Gasteiger partial charge on any atom is -0.412 e. The number of primary amides is 1. The van der Waals surface area contributed by atoms with Gasteiger partial charge in [-0.15, -0.1) is 0 Å². The van der Waals surface area contributed by atoms with Crippen molar-refractivity contribution in [3.05, 3.63) is 11.5 Å². The number of nitrogens with two attached hydrogens (primary N) is 1. The summed E-state index contributed by atoms with van der Waals surface area (Å²) in [7, 11) is 0. The Bertz CT molecular complexity index is 81.0. The average molecular weight is 121 g/mol. The Morgan fingerprint density at radius 2 is 2.14 bits per heavy atom. The van der Waals surface area contributed by atoms with Gasteiger partial charge in [0.2, 0.25) is 5.91 Å². The SMILES string of the molecule is NC(=O)C=CS.O. The maximum atomic E-state index is 9.69. The van der Waals surface area contributed by atoms with E-state index in [4.69, 9.17) is 0 Å². The van der Waals surface area contributed by atoms with E-state index in [1.165, 1.54) is 11.5 Å². The van der Waals surface area contributed by atoms with Crippen molar-refractivity contribution >= 4 is 18.5 Å². The number of carbonyl (C=O) groups is 1. The molecule has 0 aliphatic rings. The zero-order valence-electron chi connectivity index (χ0n) is 3.59. The minimum absolute atomic E-state index is 0. The number of thiol groups is 1. The Morgan fingerprint density at radius 1 is 1.71 bits per heavy atom. The maximum Gasteiger partial charge on any atom is 0.241 e. The molecule has 0 aromatic heterocycles. The summed E-state index contributed by atoms with van der Waals surface area (Å²) in [5, 5.41) is 1.29. The summed E-state index contributed by atoms with van der Waals surface area (Å²) in [5.41, 5.74) is 4.63. The van der Waals surface area contributed by atoms with Crippen molar-refractivity contribution in [2.45, 2.75) is 0 Å². The Balaban J connectivity index is 0. The van der Waals surface area contributed by atoms with Crippen molar-refractivity contribution in [1.82, 2.24) is 0 Å². The largest absolute Gasteiger partial charge is 0.412 e. The van der Waals surface area contributed by atoms with Gasteiger partial charge in [-0.1, -0.05) is 0 Å². The van der Waals surface area contributed by atoms with Crippen LogP contribution in [0.15, 0.2) is 11.5 Å². The van der Waals surface area contributed by atoms with Crippen molar-refractivity contribution in [3.8, 4) is 0 Å². The fourth-order valence-corrected chi connectivity index (χ4v) is 0.220. The van der Waals surface area contributed by atoms with Gasteiger partial charge in [0, 0.05) is 6.08 Å². The van der Waals surface area contributed by atoms with Gasteiger partial charge < -0.3 is 11.2 Å². The van der Waals surface area contributed by atoms with Crippen LogP contribution in [0.1, 0.15) is 0 Å². The molecule has 0 atom stereocenters. The summed E-state index contributed by atoms with van der Waals surface area (Å²) in [6.45, 7) is 0. The van der Waals surface area contributed by atoms with Crippen molar-refractivity contribution in [3.63, 3.8) is 0 Å². The quantitative estimate of drug-likeness (QED) is 0.342. The van der Waals surface area contributed by atoms with Crippen LogP contribution in [0.5, 0.6) is 0 Å². The highest BCUT2D eigenvalue weighted by Crippen LogP contribution is 1.71. The molecule has 0 radical (unpaired) electrons. The van der Waals surface area contributed by atoms with Crippen LogP contribution in [0.25, 0.3) is 0 Å². The van der Waals surface area contributed by atoms with Gasteiger partial charge in [0.05, 0.1) is 0 Å². The lowest BCUT2D eigenvalue weighted by Crippen LogP contribution is -2.04. The summed E-state index contributed by atoms with van der Waals surface area (Å²) in [6.07, 6.45) is 1.17. The molecule has 42 valence electrons. The third-order valence-corrected chi connectivity index (χ3v) is 0.388. The van der Waals surface area contributed by atoms with Crippen LogP contribution < -0.4 is 5.73 Å². The van der Waals surface area contributed by atoms with E-state index in [2.05, 4.69) is 18.4 Å². The lowest BCUT2D eigenvalue weighted by atomic mass is 10.6. The fourth-order valence-electron chi connectivity index (χ4n) is 0.0735. The summed E-state index contributed by atoms with van der Waals surface area (Å²) >= 11 is 3.58. The molecule has 3 nitrogen and oxygen atoms in total. The summed E-state index contributed by atoms with van der Waals surface area (Å²) in [6, 6.07) is 0. The van der Waals surface area contributed by atoms with Gasteiger partial charge in [-0.05, 0) is 5.41 Å². The lowest BCUT2D eigenvalue weighted by molar-refractivity contribution is -0.113. The number of carbonyl (C=O) groups excluding carboxylic acids is 1. The molecule has 0 aliphatic heterocycles. The van der Waals surface area contributed by atoms with Crippen molar-refractivity contribution in [2.75, 3.05) is 0 Å². The molecule has 0 fully saturated rings. The highest BCUT2D eigenvalue weighted by Gasteiger charge is 1.73. The van der Waals surface area contributed by atoms with Crippen LogP contribution in [-0.4, -0.2) is 11.4 Å². The highest BCUT2D eigenvalue weighted by atomic mass is 32.1. The van der Waals surface area contributed by atoms with Crippen LogP contribution in [0.2, 0.25) is 0 Å². The smallest absolute Gasteiger partial charge is 0.241 e. The van der Waals surface area contributed by atoms with E-state index in [1.807, 2.05) is 0 Å². The predicted molar refractivity (Wildman–Crippen MR) is 30.9 cm³/mol. The Labute approximate surface area is 46.9 Å². The summed E-state index contributed by atoms with van der Waals surface area (Å²) < 4.78 is 0. The molecule has 0 unspecified atom stereocenters. The van der Waals surface area contributed by atoms with Crippen molar-refractivity contribution in [2.24, 2.45) is 5.73 Å². The van der Waals surface area contributed by atoms with Gasteiger partial charge in [-0.3, -0.25) is 4.79 Å². The molecule has 1 amide bonds. The van der Waals surface area contributed by atoms with Gasteiger partial charge >= 0.3 is 0 Å². The number of amides is 1. The molecule has 4 N–H and O–H groups in total. The Hall–Kier alpha value is -0.480. The monoisotopic (exact) mass is 121 g/mol. The number of hydrogen-bond donors (Lipinski definition) is 2. The highest BCUT2D eigenvalue weighted by molar-refractivity contribution is 7.83. The topological polar surface area (TPSA) is 74.6 Å². The molecule has 4 heteroatoms. The number of rotatable bonds is 1. The second kappa shape index (κ2) is 5.52. The molecule has 0 aliphatic carbocycles. The van der Waals surface area contributed by atoms with Crippen molar-refractivity contribution < 1.29 is 10.3 Å². The van der Waals surface area contributed by atoms with Gasteiger partial charge in [-0.25, -0.2) is 0 Å². The third-order valence-electron chi connectivity index (χ3n) is 0.239. The van der Waals surface area contributed by atoms with E-state index in [0.29, 0.717) is 0 Å². The van der Waals surface area contributed by atoms with Gasteiger partial charge in [0.15, 0.2) is 0 Å². The van der Waals surface area contributed by atoms with E-state index >= 15 is 0 Å². The van der Waals surface area contributed by atoms with E-state index in [1.54, 1.807) is 0 Å². The zero-order chi connectivity index (χ0) is 4.99. The molecule has 0 heterocycles. The molecule has 0 rings (SSSR count). The first-order chi connectivity index (χ1) is 2.77. The second-order valence-corrected chi connectivity index (χ2v) is 1.02. The zero-order valence-corrected chi connectivity index (χ0v) is 4.48. The standard InChI is InChI=1S/C3H5NOS.H2O/c4-3(5)1-2-6;/h1-2,6H,(H2,4,5);1H2. The van der Waals surface area contributed by atoms with Crippen LogP contribution in [0.3, 0.4) is 0 Å². The maximum absolute atomic E-state index is 9.69. The fraction of sp³-hybridized carbons (Fsp3) is 0. The van der Waals surface area contributed by atoms with Gasteiger partial charge in [-0.2, -0.15) is 12.6 Å². The van der Waals surface area contributed by atoms with Crippen LogP contribution in [0.4, 0.5) is 0 Å². The van der Waals surface area contributed by atoms with E-state index in [9.17, 15) is 4.79 Å². The Morgan fingerprint density at radius 3 is 2.14 bits per heavy atom. The summed E-state index contributed by atoms with van der Waals surface area (Å²) in [5.74, 6) is -0.468. The van der Waals surface area contributed by atoms with Gasteiger partial charge in [0.1, 0.15) is 0 Å². The normalized spacial score (nSPS) is 8.14. The minimum atomic E-state index is -0.468. The predicted octanol–water partition coefficient (Wildman–Crippen LogP) is -0.909. The van der Waals surface area contributed by atoms with Crippen LogP contribution >= 0.6 is 12.6 Å².